The van der Waals surface area contributed by atoms with Crippen molar-refractivity contribution >= 4 is 16.9 Å². The molecule has 4 aromatic rings. The number of nitrogens with zero attached hydrogens (tertiary/aromatic N) is 6. The first-order valence-corrected chi connectivity index (χ1v) is 10.4. The van der Waals surface area contributed by atoms with Gasteiger partial charge in [-0.05, 0) is 44.9 Å². The second-order valence-electron chi connectivity index (χ2n) is 8.19. The average Bonchev–Trinajstić information content (AvgIpc) is 3.18. The van der Waals surface area contributed by atoms with Crippen LogP contribution in [-0.2, 0) is 24.9 Å². The summed E-state index contributed by atoms with van der Waals surface area (Å²) in [4.78, 5) is 19.3. The van der Waals surface area contributed by atoms with Crippen molar-refractivity contribution in [1.82, 2.24) is 29.4 Å². The van der Waals surface area contributed by atoms with Crippen LogP contribution in [0.1, 0.15) is 28.2 Å². The minimum atomic E-state index is -0.0187. The Morgan fingerprint density at radius 3 is 2.52 bits per heavy atom. The van der Waals surface area contributed by atoms with Gasteiger partial charge in [-0.1, -0.05) is 29.8 Å². The first kappa shape index (κ1) is 20.8. The first-order valence-electron chi connectivity index (χ1n) is 10.4. The number of aromatic nitrogens is 5. The van der Waals surface area contributed by atoms with Crippen LogP contribution in [0.3, 0.4) is 0 Å². The van der Waals surface area contributed by atoms with Crippen molar-refractivity contribution in [1.29, 1.82) is 0 Å². The quantitative estimate of drug-likeness (QED) is 0.497. The fourth-order valence-electron chi connectivity index (χ4n) is 4.07. The smallest absolute Gasteiger partial charge is 0.244 e. The van der Waals surface area contributed by atoms with Crippen molar-refractivity contribution < 1.29 is 4.79 Å². The second-order valence-corrected chi connectivity index (χ2v) is 8.19. The molecule has 4 rings (SSSR count). The molecular formula is C24H28N6O. The second kappa shape index (κ2) is 7.98. The summed E-state index contributed by atoms with van der Waals surface area (Å²) >= 11 is 0. The number of amides is 1. The molecule has 3 aromatic heterocycles. The lowest BCUT2D eigenvalue weighted by atomic mass is 10.0. The Kier molecular flexibility index (Phi) is 5.35. The number of likely N-dealkylation sites (N-methyl/N-ethyl adjacent to an activating group) is 1. The third-order valence-corrected chi connectivity index (χ3v) is 5.90. The Morgan fingerprint density at radius 1 is 1.06 bits per heavy atom. The summed E-state index contributed by atoms with van der Waals surface area (Å²) in [6.07, 6.45) is 1.79. The SMILES string of the molecule is Cc1cccc(-c2ccnc3c2c(C)nn3CC(=O)N(C)Cc2c(C)nn(C)c2C)c1. The van der Waals surface area contributed by atoms with E-state index in [1.165, 1.54) is 5.56 Å². The highest BCUT2D eigenvalue weighted by molar-refractivity contribution is 5.95. The molecule has 7 heteroatoms. The van der Waals surface area contributed by atoms with Gasteiger partial charge in [-0.25, -0.2) is 9.67 Å². The molecule has 0 aliphatic rings. The Labute approximate surface area is 182 Å². The summed E-state index contributed by atoms with van der Waals surface area (Å²) in [5, 5.41) is 10.1. The average molecular weight is 417 g/mol. The third kappa shape index (κ3) is 3.83. The molecule has 0 aliphatic carbocycles. The number of rotatable bonds is 5. The highest BCUT2D eigenvalue weighted by atomic mass is 16.2. The molecule has 0 N–H and O–H groups in total. The molecule has 31 heavy (non-hydrogen) atoms. The standard InChI is InChI=1S/C24H28N6O/c1-15-8-7-9-19(12-15)20-10-11-25-24-23(20)17(3)27-30(24)14-22(31)28(5)13-21-16(2)26-29(6)18(21)4/h7-12H,13-14H2,1-6H3. The van der Waals surface area contributed by atoms with E-state index in [0.717, 1.165) is 44.8 Å². The van der Waals surface area contributed by atoms with Gasteiger partial charge in [0, 0.05) is 43.5 Å². The van der Waals surface area contributed by atoms with E-state index in [-0.39, 0.29) is 12.5 Å². The number of carbonyl (C=O) groups excluding carboxylic acids is 1. The Balaban J connectivity index is 1.63. The van der Waals surface area contributed by atoms with Crippen LogP contribution in [0.2, 0.25) is 0 Å². The van der Waals surface area contributed by atoms with Gasteiger partial charge in [0.15, 0.2) is 5.65 Å². The number of pyridine rings is 1. The summed E-state index contributed by atoms with van der Waals surface area (Å²) in [7, 11) is 3.74. The Bertz CT molecular complexity index is 1280. The number of hydrogen-bond donors (Lipinski definition) is 0. The van der Waals surface area contributed by atoms with Gasteiger partial charge in [0.05, 0.1) is 11.4 Å². The zero-order valence-corrected chi connectivity index (χ0v) is 19.0. The number of benzene rings is 1. The van der Waals surface area contributed by atoms with E-state index in [4.69, 9.17) is 0 Å². The zero-order chi connectivity index (χ0) is 22.3. The van der Waals surface area contributed by atoms with Gasteiger partial charge < -0.3 is 4.90 Å². The lowest BCUT2D eigenvalue weighted by Gasteiger charge is -2.17. The van der Waals surface area contributed by atoms with Crippen LogP contribution < -0.4 is 0 Å². The van der Waals surface area contributed by atoms with Gasteiger partial charge >= 0.3 is 0 Å². The predicted octanol–water partition coefficient (Wildman–Crippen LogP) is 3.72. The van der Waals surface area contributed by atoms with Crippen LogP contribution in [0.4, 0.5) is 0 Å². The Hall–Kier alpha value is -3.48. The molecule has 7 nitrogen and oxygen atoms in total. The van der Waals surface area contributed by atoms with Crippen LogP contribution in [0, 0.1) is 27.7 Å². The molecule has 0 saturated heterocycles. The van der Waals surface area contributed by atoms with Crippen molar-refractivity contribution in [2.45, 2.75) is 40.8 Å². The van der Waals surface area contributed by atoms with Crippen LogP contribution in [0.15, 0.2) is 36.5 Å². The predicted molar refractivity (Wildman–Crippen MR) is 122 cm³/mol. The minimum Gasteiger partial charge on any atom is -0.340 e. The number of aryl methyl sites for hydroxylation is 4. The molecular weight excluding hydrogens is 388 g/mol. The summed E-state index contributed by atoms with van der Waals surface area (Å²) < 4.78 is 3.57. The number of fused-ring (bicyclic) bond motifs is 1. The Morgan fingerprint density at radius 2 is 1.84 bits per heavy atom. The highest BCUT2D eigenvalue weighted by Crippen LogP contribution is 2.30. The van der Waals surface area contributed by atoms with E-state index in [9.17, 15) is 4.79 Å². The van der Waals surface area contributed by atoms with Crippen molar-refractivity contribution in [2.75, 3.05) is 7.05 Å². The van der Waals surface area contributed by atoms with Gasteiger partial charge in [-0.3, -0.25) is 9.48 Å². The molecule has 0 spiro atoms. The van der Waals surface area contributed by atoms with Crippen LogP contribution in [0.5, 0.6) is 0 Å². The molecule has 1 aromatic carbocycles. The van der Waals surface area contributed by atoms with Gasteiger partial charge in [-0.2, -0.15) is 10.2 Å². The lowest BCUT2D eigenvalue weighted by Crippen LogP contribution is -2.30. The van der Waals surface area contributed by atoms with E-state index in [1.54, 1.807) is 15.8 Å². The minimum absolute atomic E-state index is 0.0187. The first-order chi connectivity index (χ1) is 14.8. The molecule has 0 fully saturated rings. The normalized spacial score (nSPS) is 11.3. The van der Waals surface area contributed by atoms with Crippen LogP contribution >= 0.6 is 0 Å². The molecule has 1 amide bonds. The fraction of sp³-hybridized carbons (Fsp3) is 0.333. The van der Waals surface area contributed by atoms with Crippen molar-refractivity contribution in [2.24, 2.45) is 7.05 Å². The maximum absolute atomic E-state index is 13.0. The van der Waals surface area contributed by atoms with E-state index < -0.39 is 0 Å². The molecule has 0 atom stereocenters. The highest BCUT2D eigenvalue weighted by Gasteiger charge is 2.19. The van der Waals surface area contributed by atoms with Gasteiger partial charge in [0.1, 0.15) is 6.54 Å². The van der Waals surface area contributed by atoms with Gasteiger partial charge in [0.2, 0.25) is 5.91 Å². The van der Waals surface area contributed by atoms with Gasteiger partial charge in [-0.15, -0.1) is 0 Å². The molecule has 0 bridgehead atoms. The largest absolute Gasteiger partial charge is 0.340 e. The van der Waals surface area contributed by atoms with Crippen molar-refractivity contribution in [3.05, 3.63) is 64.7 Å². The zero-order valence-electron chi connectivity index (χ0n) is 19.0. The summed E-state index contributed by atoms with van der Waals surface area (Å²) in [6.45, 7) is 8.71. The molecule has 0 radical (unpaired) electrons. The summed E-state index contributed by atoms with van der Waals surface area (Å²) in [5.41, 5.74) is 8.11. The van der Waals surface area contributed by atoms with Crippen LogP contribution in [0.25, 0.3) is 22.2 Å². The molecule has 160 valence electrons. The van der Waals surface area contributed by atoms with E-state index in [1.807, 2.05) is 45.6 Å². The van der Waals surface area contributed by atoms with Crippen molar-refractivity contribution in [3.8, 4) is 11.1 Å². The number of hydrogen-bond acceptors (Lipinski definition) is 4. The topological polar surface area (TPSA) is 68.8 Å². The molecule has 3 heterocycles. The van der Waals surface area contributed by atoms with Gasteiger partial charge in [0.25, 0.3) is 0 Å². The monoisotopic (exact) mass is 416 g/mol. The summed E-state index contributed by atoms with van der Waals surface area (Å²) in [6, 6.07) is 10.4. The molecule has 0 saturated carbocycles. The van der Waals surface area contributed by atoms with E-state index >= 15 is 0 Å². The maximum Gasteiger partial charge on any atom is 0.244 e. The maximum atomic E-state index is 13.0. The van der Waals surface area contributed by atoms with E-state index in [0.29, 0.717) is 6.54 Å². The summed E-state index contributed by atoms with van der Waals surface area (Å²) in [5.74, 6) is -0.0187. The van der Waals surface area contributed by atoms with Crippen LogP contribution in [-0.4, -0.2) is 42.4 Å². The molecule has 0 aliphatic heterocycles. The third-order valence-electron chi connectivity index (χ3n) is 5.90. The molecule has 0 unspecified atom stereocenters. The fourth-order valence-corrected chi connectivity index (χ4v) is 4.07. The van der Waals surface area contributed by atoms with E-state index in [2.05, 4.69) is 46.4 Å². The van der Waals surface area contributed by atoms with Crippen molar-refractivity contribution in [3.63, 3.8) is 0 Å². The number of carbonyl (C=O) groups is 1. The lowest BCUT2D eigenvalue weighted by molar-refractivity contribution is -0.131.